The van der Waals surface area contributed by atoms with Crippen LogP contribution < -0.4 is 14.8 Å². The van der Waals surface area contributed by atoms with Crippen LogP contribution in [0.1, 0.15) is 0 Å². The maximum atomic E-state index is 11.8. The summed E-state index contributed by atoms with van der Waals surface area (Å²) >= 11 is 0. The SMILES string of the molecule is COc1ccccc1OCC(=O)OCC(=O)NCC(F)(F)F. The fourth-order valence-electron chi connectivity index (χ4n) is 1.31. The number of amides is 1. The molecule has 122 valence electrons. The monoisotopic (exact) mass is 321 g/mol. The molecule has 6 nitrogen and oxygen atoms in total. The number of rotatable bonds is 7. The number of ether oxygens (including phenoxy) is 3. The predicted molar refractivity (Wildman–Crippen MR) is 68.5 cm³/mol. The Kier molecular flexibility index (Phi) is 6.48. The van der Waals surface area contributed by atoms with E-state index >= 15 is 0 Å². The van der Waals surface area contributed by atoms with E-state index in [1.165, 1.54) is 7.11 Å². The molecule has 0 aliphatic rings. The van der Waals surface area contributed by atoms with Crippen LogP contribution >= 0.6 is 0 Å². The summed E-state index contributed by atoms with van der Waals surface area (Å²) in [6.45, 7) is -2.81. The van der Waals surface area contributed by atoms with Crippen molar-refractivity contribution >= 4 is 11.9 Å². The molecule has 0 radical (unpaired) electrons. The van der Waals surface area contributed by atoms with E-state index in [0.717, 1.165) is 0 Å². The second-order valence-corrected chi connectivity index (χ2v) is 3.99. The van der Waals surface area contributed by atoms with Gasteiger partial charge in [0.1, 0.15) is 6.54 Å². The van der Waals surface area contributed by atoms with Gasteiger partial charge in [0.05, 0.1) is 7.11 Å². The molecule has 9 heteroatoms. The van der Waals surface area contributed by atoms with Crippen molar-refractivity contribution in [1.82, 2.24) is 5.32 Å². The Labute approximate surface area is 124 Å². The number of hydrogen-bond acceptors (Lipinski definition) is 5. The van der Waals surface area contributed by atoms with E-state index in [9.17, 15) is 22.8 Å². The molecule has 0 heterocycles. The molecule has 1 rings (SSSR count). The van der Waals surface area contributed by atoms with E-state index in [0.29, 0.717) is 11.5 Å². The summed E-state index contributed by atoms with van der Waals surface area (Å²) < 4.78 is 50.1. The zero-order valence-electron chi connectivity index (χ0n) is 11.6. The third kappa shape index (κ3) is 6.82. The highest BCUT2D eigenvalue weighted by atomic mass is 19.4. The lowest BCUT2D eigenvalue weighted by Gasteiger charge is -2.10. The van der Waals surface area contributed by atoms with Crippen LogP contribution in [0.3, 0.4) is 0 Å². The number of esters is 1. The lowest BCUT2D eigenvalue weighted by atomic mass is 10.3. The van der Waals surface area contributed by atoms with Crippen LogP contribution in [0.25, 0.3) is 0 Å². The first-order chi connectivity index (χ1) is 10.3. The molecule has 1 amide bonds. The van der Waals surface area contributed by atoms with Crippen molar-refractivity contribution in [3.63, 3.8) is 0 Å². The Balaban J connectivity index is 2.30. The largest absolute Gasteiger partial charge is 0.493 e. The molecule has 0 fully saturated rings. The molecule has 0 unspecified atom stereocenters. The van der Waals surface area contributed by atoms with E-state index < -0.39 is 37.8 Å². The second-order valence-electron chi connectivity index (χ2n) is 3.99. The zero-order chi connectivity index (χ0) is 16.6. The van der Waals surface area contributed by atoms with Crippen molar-refractivity contribution in [1.29, 1.82) is 0 Å². The van der Waals surface area contributed by atoms with Crippen LogP contribution in [0.5, 0.6) is 11.5 Å². The molecule has 0 saturated heterocycles. The Hall–Kier alpha value is -2.45. The number of para-hydroxylation sites is 2. The van der Waals surface area contributed by atoms with Crippen LogP contribution in [0.2, 0.25) is 0 Å². The first-order valence-corrected chi connectivity index (χ1v) is 6.06. The summed E-state index contributed by atoms with van der Waals surface area (Å²) in [6.07, 6.45) is -4.52. The average Bonchev–Trinajstić information content (AvgIpc) is 2.48. The standard InChI is InChI=1S/C13H14F3NO5/c1-20-9-4-2-3-5-10(9)21-7-12(19)22-6-11(18)17-8-13(14,15)16/h2-5H,6-8H2,1H3,(H,17,18). The molecule has 1 N–H and O–H groups in total. The topological polar surface area (TPSA) is 73.9 Å². The van der Waals surface area contributed by atoms with E-state index in [1.54, 1.807) is 29.6 Å². The van der Waals surface area contributed by atoms with Crippen LogP contribution in [0, 0.1) is 0 Å². The summed E-state index contributed by atoms with van der Waals surface area (Å²) in [6, 6.07) is 6.54. The molecule has 1 aromatic rings. The van der Waals surface area contributed by atoms with Gasteiger partial charge in [0.25, 0.3) is 5.91 Å². The Morgan fingerprint density at radius 2 is 1.77 bits per heavy atom. The van der Waals surface area contributed by atoms with Crippen molar-refractivity contribution < 1.29 is 37.0 Å². The average molecular weight is 321 g/mol. The highest BCUT2D eigenvalue weighted by Crippen LogP contribution is 2.25. The maximum absolute atomic E-state index is 11.8. The normalized spacial score (nSPS) is 10.7. The fraction of sp³-hybridized carbons (Fsp3) is 0.385. The quantitative estimate of drug-likeness (QED) is 0.766. The van der Waals surface area contributed by atoms with Gasteiger partial charge in [0, 0.05) is 0 Å². The summed E-state index contributed by atoms with van der Waals surface area (Å²) in [5.74, 6) is -1.25. The number of hydrogen-bond donors (Lipinski definition) is 1. The molecule has 22 heavy (non-hydrogen) atoms. The number of halogens is 3. The van der Waals surface area contributed by atoms with Crippen LogP contribution in [0.15, 0.2) is 24.3 Å². The number of alkyl halides is 3. The van der Waals surface area contributed by atoms with Crippen LogP contribution in [-0.4, -0.2) is 44.9 Å². The second kappa shape index (κ2) is 8.11. The van der Waals surface area contributed by atoms with Gasteiger partial charge in [0.2, 0.25) is 0 Å². The van der Waals surface area contributed by atoms with E-state index in [4.69, 9.17) is 9.47 Å². The van der Waals surface area contributed by atoms with Crippen molar-refractivity contribution in [2.45, 2.75) is 6.18 Å². The van der Waals surface area contributed by atoms with Gasteiger partial charge in [-0.15, -0.1) is 0 Å². The molecular formula is C13H14F3NO5. The third-order valence-corrected chi connectivity index (χ3v) is 2.26. The molecule has 1 aromatic carbocycles. The minimum absolute atomic E-state index is 0.295. The van der Waals surface area contributed by atoms with Gasteiger partial charge in [-0.25, -0.2) is 4.79 Å². The molecule has 0 spiro atoms. The highest BCUT2D eigenvalue weighted by Gasteiger charge is 2.27. The molecule has 0 aliphatic heterocycles. The van der Waals surface area contributed by atoms with Crippen LogP contribution in [0.4, 0.5) is 13.2 Å². The Morgan fingerprint density at radius 3 is 2.36 bits per heavy atom. The van der Waals surface area contributed by atoms with E-state index in [-0.39, 0.29) is 0 Å². The third-order valence-electron chi connectivity index (χ3n) is 2.26. The molecule has 0 aliphatic carbocycles. The van der Waals surface area contributed by atoms with Gasteiger partial charge in [-0.2, -0.15) is 13.2 Å². The molecular weight excluding hydrogens is 307 g/mol. The number of benzene rings is 1. The van der Waals surface area contributed by atoms with Crippen molar-refractivity contribution in [3.8, 4) is 11.5 Å². The number of carbonyl (C=O) groups is 2. The van der Waals surface area contributed by atoms with E-state index in [2.05, 4.69) is 4.74 Å². The first kappa shape index (κ1) is 17.6. The lowest BCUT2D eigenvalue weighted by Crippen LogP contribution is -2.36. The van der Waals surface area contributed by atoms with Gasteiger partial charge in [-0.1, -0.05) is 12.1 Å². The van der Waals surface area contributed by atoms with Gasteiger partial charge in [-0.05, 0) is 12.1 Å². The molecule has 0 saturated carbocycles. The smallest absolute Gasteiger partial charge is 0.405 e. The van der Waals surface area contributed by atoms with Gasteiger partial charge < -0.3 is 19.5 Å². The first-order valence-electron chi connectivity index (χ1n) is 6.06. The molecule has 0 aromatic heterocycles. The zero-order valence-corrected chi connectivity index (χ0v) is 11.6. The summed E-state index contributed by atoms with van der Waals surface area (Å²) in [4.78, 5) is 22.4. The van der Waals surface area contributed by atoms with Gasteiger partial charge in [0.15, 0.2) is 24.7 Å². The van der Waals surface area contributed by atoms with Crippen LogP contribution in [-0.2, 0) is 14.3 Å². The highest BCUT2D eigenvalue weighted by molar-refractivity contribution is 5.80. The minimum Gasteiger partial charge on any atom is -0.493 e. The predicted octanol–water partition coefficient (Wildman–Crippen LogP) is 1.30. The van der Waals surface area contributed by atoms with Crippen molar-refractivity contribution in [3.05, 3.63) is 24.3 Å². The van der Waals surface area contributed by atoms with Gasteiger partial charge >= 0.3 is 12.1 Å². The van der Waals surface area contributed by atoms with Gasteiger partial charge in [-0.3, -0.25) is 4.79 Å². The minimum atomic E-state index is -4.52. The molecule has 0 bridgehead atoms. The lowest BCUT2D eigenvalue weighted by molar-refractivity contribution is -0.152. The van der Waals surface area contributed by atoms with Crippen molar-refractivity contribution in [2.75, 3.05) is 26.9 Å². The Bertz CT molecular complexity index is 519. The Morgan fingerprint density at radius 1 is 1.14 bits per heavy atom. The number of carbonyl (C=O) groups excluding carboxylic acids is 2. The van der Waals surface area contributed by atoms with E-state index in [1.807, 2.05) is 0 Å². The fourth-order valence-corrected chi connectivity index (χ4v) is 1.31. The number of nitrogens with one attached hydrogen (secondary N) is 1. The maximum Gasteiger partial charge on any atom is 0.405 e. The number of methoxy groups -OCH3 is 1. The summed E-state index contributed by atoms with van der Waals surface area (Å²) in [7, 11) is 1.42. The van der Waals surface area contributed by atoms with Crippen molar-refractivity contribution in [2.24, 2.45) is 0 Å². The molecule has 0 atom stereocenters. The summed E-state index contributed by atoms with van der Waals surface area (Å²) in [5, 5.41) is 1.57. The summed E-state index contributed by atoms with van der Waals surface area (Å²) in [5.41, 5.74) is 0.